The second-order valence-corrected chi connectivity index (χ2v) is 7.84. The zero-order valence-corrected chi connectivity index (χ0v) is 16.9. The van der Waals surface area contributed by atoms with Crippen molar-refractivity contribution in [2.45, 2.75) is 52.2 Å². The fourth-order valence-corrected chi connectivity index (χ4v) is 4.28. The Morgan fingerprint density at radius 1 is 1.14 bits per heavy atom. The van der Waals surface area contributed by atoms with Gasteiger partial charge in [-0.05, 0) is 61.4 Å². The summed E-state index contributed by atoms with van der Waals surface area (Å²) in [5.41, 5.74) is 5.61. The monoisotopic (exact) mass is 379 g/mol. The number of amides is 1. The first-order valence-corrected chi connectivity index (χ1v) is 10.4. The van der Waals surface area contributed by atoms with Gasteiger partial charge in [0, 0.05) is 31.4 Å². The number of aryl methyl sites for hydroxylation is 2. The van der Waals surface area contributed by atoms with Crippen LogP contribution < -0.4 is 4.74 Å². The summed E-state index contributed by atoms with van der Waals surface area (Å²) < 4.78 is 11.5. The Balaban J connectivity index is 1.46. The maximum absolute atomic E-state index is 13.0. The van der Waals surface area contributed by atoms with Crippen molar-refractivity contribution in [1.82, 2.24) is 4.90 Å². The molecule has 0 aliphatic carbocycles. The lowest BCUT2D eigenvalue weighted by atomic mass is 9.94. The normalized spacial score (nSPS) is 17.5. The van der Waals surface area contributed by atoms with Crippen LogP contribution in [-0.4, -0.2) is 36.6 Å². The molecule has 4 nitrogen and oxygen atoms in total. The van der Waals surface area contributed by atoms with E-state index in [9.17, 15) is 4.79 Å². The van der Waals surface area contributed by atoms with Crippen LogP contribution in [0.5, 0.6) is 5.75 Å². The molecule has 0 bridgehead atoms. The number of fused-ring (bicyclic) bond motifs is 1. The smallest absolute Gasteiger partial charge is 0.254 e. The Morgan fingerprint density at radius 3 is 2.75 bits per heavy atom. The molecule has 28 heavy (non-hydrogen) atoms. The minimum absolute atomic E-state index is 0.174. The van der Waals surface area contributed by atoms with Crippen LogP contribution >= 0.6 is 0 Å². The van der Waals surface area contributed by atoms with Gasteiger partial charge >= 0.3 is 0 Å². The minimum atomic E-state index is 0.174. The molecule has 2 aromatic rings. The van der Waals surface area contributed by atoms with Gasteiger partial charge in [-0.1, -0.05) is 36.8 Å². The van der Waals surface area contributed by atoms with Gasteiger partial charge in [0.1, 0.15) is 12.4 Å². The number of nitrogens with zero attached hydrogens (tertiary/aromatic N) is 1. The van der Waals surface area contributed by atoms with Crippen molar-refractivity contribution in [1.29, 1.82) is 0 Å². The molecule has 0 unspecified atom stereocenters. The Kier molecular flexibility index (Phi) is 5.67. The average Bonchev–Trinajstić information content (AvgIpc) is 2.73. The van der Waals surface area contributed by atoms with Crippen LogP contribution in [0, 0.1) is 6.92 Å². The summed E-state index contributed by atoms with van der Waals surface area (Å²) in [6, 6.07) is 12.8. The van der Waals surface area contributed by atoms with Gasteiger partial charge in [-0.25, -0.2) is 0 Å². The van der Waals surface area contributed by atoms with Crippen molar-refractivity contribution < 1.29 is 14.3 Å². The third-order valence-corrected chi connectivity index (χ3v) is 5.91. The van der Waals surface area contributed by atoms with Crippen molar-refractivity contribution in [2.24, 2.45) is 0 Å². The zero-order valence-electron chi connectivity index (χ0n) is 16.9. The van der Waals surface area contributed by atoms with Crippen LogP contribution in [0.25, 0.3) is 0 Å². The van der Waals surface area contributed by atoms with Gasteiger partial charge in [0.15, 0.2) is 0 Å². The van der Waals surface area contributed by atoms with Gasteiger partial charge in [-0.3, -0.25) is 4.79 Å². The van der Waals surface area contributed by atoms with Crippen LogP contribution in [0.15, 0.2) is 36.4 Å². The van der Waals surface area contributed by atoms with E-state index in [4.69, 9.17) is 9.47 Å². The molecule has 0 aromatic heterocycles. The number of rotatable bonds is 5. The van der Waals surface area contributed by atoms with Gasteiger partial charge in [-0.15, -0.1) is 0 Å². The molecular formula is C24H29NO3. The Bertz CT molecular complexity index is 855. The van der Waals surface area contributed by atoms with Crippen molar-refractivity contribution >= 4 is 5.91 Å². The van der Waals surface area contributed by atoms with Crippen LogP contribution in [0.3, 0.4) is 0 Å². The second kappa shape index (κ2) is 8.36. The summed E-state index contributed by atoms with van der Waals surface area (Å²) in [4.78, 5) is 15.0. The predicted molar refractivity (Wildman–Crippen MR) is 110 cm³/mol. The molecule has 0 atom stereocenters. The lowest BCUT2D eigenvalue weighted by molar-refractivity contribution is 0.0276. The molecule has 1 amide bonds. The van der Waals surface area contributed by atoms with Crippen LogP contribution in [0.4, 0.5) is 0 Å². The van der Waals surface area contributed by atoms with E-state index in [0.29, 0.717) is 12.6 Å². The summed E-state index contributed by atoms with van der Waals surface area (Å²) >= 11 is 0. The lowest BCUT2D eigenvalue weighted by Crippen LogP contribution is -2.47. The standard InChI is InChI=1S/C24H29NO3/c1-3-19-14-17(2)4-7-23(19)28-16-18-5-6-22-20(15-18)8-11-25(24(22)26)21-9-12-27-13-10-21/h4-7,14-15,21H,3,8-13,16H2,1-2H3. The molecule has 1 saturated heterocycles. The van der Waals surface area contributed by atoms with Crippen LogP contribution in [-0.2, 0) is 24.2 Å². The van der Waals surface area contributed by atoms with E-state index in [1.807, 2.05) is 12.1 Å². The number of hydrogen-bond acceptors (Lipinski definition) is 3. The fourth-order valence-electron chi connectivity index (χ4n) is 4.28. The van der Waals surface area contributed by atoms with E-state index in [-0.39, 0.29) is 5.91 Å². The number of benzene rings is 2. The average molecular weight is 380 g/mol. The molecule has 2 aromatic carbocycles. The Morgan fingerprint density at radius 2 is 1.96 bits per heavy atom. The first-order chi connectivity index (χ1) is 13.7. The van der Waals surface area contributed by atoms with E-state index in [2.05, 4.69) is 43.0 Å². The van der Waals surface area contributed by atoms with E-state index in [1.165, 1.54) is 11.1 Å². The molecule has 0 N–H and O–H groups in total. The first kappa shape index (κ1) is 19.0. The van der Waals surface area contributed by atoms with Gasteiger partial charge in [0.25, 0.3) is 5.91 Å². The number of carbonyl (C=O) groups excluding carboxylic acids is 1. The number of ether oxygens (including phenoxy) is 2. The molecule has 4 rings (SSSR count). The maximum Gasteiger partial charge on any atom is 0.254 e. The molecule has 148 valence electrons. The summed E-state index contributed by atoms with van der Waals surface area (Å²) in [5, 5.41) is 0. The molecule has 0 radical (unpaired) electrons. The van der Waals surface area contributed by atoms with Gasteiger partial charge in [0.2, 0.25) is 0 Å². The highest BCUT2D eigenvalue weighted by atomic mass is 16.5. The fraction of sp³-hybridized carbons (Fsp3) is 0.458. The highest BCUT2D eigenvalue weighted by Crippen LogP contribution is 2.26. The van der Waals surface area contributed by atoms with E-state index in [0.717, 1.165) is 67.9 Å². The van der Waals surface area contributed by atoms with Crippen molar-refractivity contribution in [3.63, 3.8) is 0 Å². The molecule has 1 fully saturated rings. The van der Waals surface area contributed by atoms with Crippen LogP contribution in [0.2, 0.25) is 0 Å². The molecule has 0 spiro atoms. The van der Waals surface area contributed by atoms with E-state index >= 15 is 0 Å². The highest BCUT2D eigenvalue weighted by molar-refractivity contribution is 5.97. The highest BCUT2D eigenvalue weighted by Gasteiger charge is 2.31. The molecule has 4 heteroatoms. The van der Waals surface area contributed by atoms with Crippen molar-refractivity contribution in [3.8, 4) is 5.75 Å². The Hall–Kier alpha value is -2.33. The van der Waals surface area contributed by atoms with Crippen molar-refractivity contribution in [3.05, 3.63) is 64.2 Å². The molecular weight excluding hydrogens is 350 g/mol. The van der Waals surface area contributed by atoms with Gasteiger partial charge < -0.3 is 14.4 Å². The second-order valence-electron chi connectivity index (χ2n) is 7.84. The molecule has 2 heterocycles. The van der Waals surface area contributed by atoms with Gasteiger partial charge in [-0.2, -0.15) is 0 Å². The first-order valence-electron chi connectivity index (χ1n) is 10.4. The molecule has 0 saturated carbocycles. The van der Waals surface area contributed by atoms with E-state index in [1.54, 1.807) is 0 Å². The van der Waals surface area contributed by atoms with Gasteiger partial charge in [0.05, 0.1) is 0 Å². The quantitative estimate of drug-likeness (QED) is 0.777. The largest absolute Gasteiger partial charge is 0.489 e. The molecule has 2 aliphatic heterocycles. The predicted octanol–water partition coefficient (Wildman–Crippen LogP) is 4.31. The summed E-state index contributed by atoms with van der Waals surface area (Å²) in [6.45, 7) is 7.11. The summed E-state index contributed by atoms with van der Waals surface area (Å²) in [6.07, 6.45) is 3.77. The summed E-state index contributed by atoms with van der Waals surface area (Å²) in [7, 11) is 0. The SMILES string of the molecule is CCc1cc(C)ccc1OCc1ccc2c(c1)CCN(C1CCOCC1)C2=O. The zero-order chi connectivity index (χ0) is 19.5. The number of hydrogen-bond donors (Lipinski definition) is 0. The number of carbonyl (C=O) groups is 1. The topological polar surface area (TPSA) is 38.8 Å². The molecule has 2 aliphatic rings. The lowest BCUT2D eigenvalue weighted by Gasteiger charge is -2.37. The third-order valence-electron chi connectivity index (χ3n) is 5.91. The third kappa shape index (κ3) is 3.93. The maximum atomic E-state index is 13.0. The Labute approximate surface area is 167 Å². The van der Waals surface area contributed by atoms with Crippen molar-refractivity contribution in [2.75, 3.05) is 19.8 Å². The minimum Gasteiger partial charge on any atom is -0.489 e. The van der Waals surface area contributed by atoms with E-state index < -0.39 is 0 Å². The summed E-state index contributed by atoms with van der Waals surface area (Å²) in [5.74, 6) is 1.13. The van der Waals surface area contributed by atoms with Crippen LogP contribution in [0.1, 0.15) is 52.4 Å².